The van der Waals surface area contributed by atoms with Gasteiger partial charge in [0.15, 0.2) is 0 Å². The van der Waals surface area contributed by atoms with Crippen LogP contribution in [0.2, 0.25) is 0 Å². The number of hydrogen-bond donors (Lipinski definition) is 1. The largest absolute Gasteiger partial charge is 0.444 e. The van der Waals surface area contributed by atoms with E-state index in [1.54, 1.807) is 0 Å². The summed E-state index contributed by atoms with van der Waals surface area (Å²) in [6, 6.07) is 9.49. The minimum atomic E-state index is -0.443. The van der Waals surface area contributed by atoms with Crippen molar-refractivity contribution in [2.24, 2.45) is 0 Å². The van der Waals surface area contributed by atoms with Gasteiger partial charge in [0.05, 0.1) is 0 Å². The molecule has 6 heteroatoms. The number of benzene rings is 1. The smallest absolute Gasteiger partial charge is 0.410 e. The maximum atomic E-state index is 12.2. The van der Waals surface area contributed by atoms with Gasteiger partial charge in [-0.15, -0.1) is 0 Å². The van der Waals surface area contributed by atoms with Crippen molar-refractivity contribution in [3.63, 3.8) is 0 Å². The van der Waals surface area contributed by atoms with Crippen molar-refractivity contribution in [2.75, 3.05) is 44.2 Å². The van der Waals surface area contributed by atoms with Crippen molar-refractivity contribution in [3.05, 3.63) is 29.8 Å². The Bertz CT molecular complexity index is 705. The molecule has 1 amide bonds. The van der Waals surface area contributed by atoms with Crippen LogP contribution in [0, 0.1) is 0 Å². The lowest BCUT2D eigenvalue weighted by Gasteiger charge is -2.41. The Morgan fingerprint density at radius 1 is 0.935 bits per heavy atom. The number of rotatable bonds is 4. The molecule has 2 aliphatic heterocycles. The number of hydrogen-bond acceptors (Lipinski definition) is 5. The Balaban J connectivity index is 1.41. The van der Waals surface area contributed by atoms with Crippen LogP contribution in [-0.2, 0) is 11.3 Å². The fourth-order valence-corrected chi connectivity index (χ4v) is 4.31. The first kappa shape index (κ1) is 23.9. The highest BCUT2D eigenvalue weighted by molar-refractivity contribution is 5.68. The second-order valence-corrected chi connectivity index (χ2v) is 10.9. The number of likely N-dealkylation sites (tertiary alicyclic amines) is 1. The summed E-state index contributed by atoms with van der Waals surface area (Å²) >= 11 is 0. The number of anilines is 1. The lowest BCUT2D eigenvalue weighted by atomic mass is 9.98. The van der Waals surface area contributed by atoms with Gasteiger partial charge in [0.2, 0.25) is 0 Å². The minimum Gasteiger partial charge on any atom is -0.444 e. The summed E-state index contributed by atoms with van der Waals surface area (Å²) in [6.45, 7) is 19.0. The molecule has 0 radical (unpaired) electrons. The van der Waals surface area contributed by atoms with Crippen LogP contribution >= 0.6 is 0 Å². The number of piperidine rings is 1. The molecule has 1 aromatic carbocycles. The van der Waals surface area contributed by atoms with Crippen LogP contribution in [0.3, 0.4) is 0 Å². The highest BCUT2D eigenvalue weighted by atomic mass is 16.6. The summed E-state index contributed by atoms with van der Waals surface area (Å²) in [5.41, 5.74) is 2.39. The number of nitrogens with one attached hydrogen (secondary N) is 1. The van der Waals surface area contributed by atoms with Gasteiger partial charge in [-0.25, -0.2) is 4.79 Å². The molecule has 0 atom stereocenters. The lowest BCUT2D eigenvalue weighted by Crippen LogP contribution is -2.50. The Morgan fingerprint density at radius 2 is 1.52 bits per heavy atom. The van der Waals surface area contributed by atoms with E-state index in [1.165, 1.54) is 37.2 Å². The minimum absolute atomic E-state index is 0.207. The Morgan fingerprint density at radius 3 is 2.03 bits per heavy atom. The van der Waals surface area contributed by atoms with Crippen LogP contribution in [-0.4, -0.2) is 72.3 Å². The van der Waals surface area contributed by atoms with Crippen LogP contribution in [0.25, 0.3) is 0 Å². The molecule has 2 heterocycles. The topological polar surface area (TPSA) is 48.1 Å². The zero-order chi connectivity index (χ0) is 22.6. The molecule has 0 aliphatic carbocycles. The van der Waals surface area contributed by atoms with E-state index in [0.717, 1.165) is 19.6 Å². The fourth-order valence-electron chi connectivity index (χ4n) is 4.31. The molecule has 0 bridgehead atoms. The molecule has 2 fully saturated rings. The third kappa shape index (κ3) is 7.11. The van der Waals surface area contributed by atoms with Gasteiger partial charge in [0, 0.05) is 63.1 Å². The van der Waals surface area contributed by atoms with E-state index in [4.69, 9.17) is 4.74 Å². The van der Waals surface area contributed by atoms with Crippen molar-refractivity contribution >= 4 is 11.8 Å². The van der Waals surface area contributed by atoms with E-state index < -0.39 is 5.60 Å². The molecule has 174 valence electrons. The summed E-state index contributed by atoms with van der Waals surface area (Å²) in [4.78, 5) is 19.0. The predicted molar refractivity (Wildman–Crippen MR) is 128 cm³/mol. The summed E-state index contributed by atoms with van der Waals surface area (Å²) < 4.78 is 5.49. The standard InChI is InChI=1S/C25H42N4O2/c1-24(2,3)29-13-11-21(12-14-29)26-19-20-7-9-22(10-8-20)27-15-17-28(18-16-27)23(30)31-25(4,5)6/h7-10,21,26H,11-19H2,1-6H3. The van der Waals surface area contributed by atoms with Crippen LogP contribution in [0.5, 0.6) is 0 Å². The van der Waals surface area contributed by atoms with E-state index in [9.17, 15) is 4.79 Å². The van der Waals surface area contributed by atoms with Crippen molar-refractivity contribution in [3.8, 4) is 0 Å². The third-order valence-electron chi connectivity index (χ3n) is 6.27. The highest BCUT2D eigenvalue weighted by Crippen LogP contribution is 2.21. The van der Waals surface area contributed by atoms with E-state index in [1.807, 2.05) is 25.7 Å². The van der Waals surface area contributed by atoms with E-state index in [2.05, 4.69) is 60.2 Å². The quantitative estimate of drug-likeness (QED) is 0.779. The van der Waals surface area contributed by atoms with Gasteiger partial charge >= 0.3 is 6.09 Å². The fraction of sp³-hybridized carbons (Fsp3) is 0.720. The Hall–Kier alpha value is -1.79. The summed E-state index contributed by atoms with van der Waals surface area (Å²) in [5, 5.41) is 3.75. The molecular weight excluding hydrogens is 388 g/mol. The normalized spacial score (nSPS) is 19.5. The SMILES string of the molecule is CC(C)(C)OC(=O)N1CCN(c2ccc(CNC3CCN(C(C)(C)C)CC3)cc2)CC1. The molecule has 1 aromatic rings. The lowest BCUT2D eigenvalue weighted by molar-refractivity contribution is 0.0240. The third-order valence-corrected chi connectivity index (χ3v) is 6.27. The van der Waals surface area contributed by atoms with Crippen molar-refractivity contribution in [1.29, 1.82) is 0 Å². The maximum Gasteiger partial charge on any atom is 0.410 e. The Labute approximate surface area is 188 Å². The predicted octanol–water partition coefficient (Wildman–Crippen LogP) is 4.10. The highest BCUT2D eigenvalue weighted by Gasteiger charge is 2.27. The average Bonchev–Trinajstić information content (AvgIpc) is 2.71. The van der Waals surface area contributed by atoms with Crippen molar-refractivity contribution in [1.82, 2.24) is 15.1 Å². The Kier molecular flexibility index (Phi) is 7.53. The van der Waals surface area contributed by atoms with Crippen LogP contribution in [0.1, 0.15) is 59.9 Å². The van der Waals surface area contributed by atoms with Crippen LogP contribution in [0.4, 0.5) is 10.5 Å². The first-order chi connectivity index (χ1) is 14.5. The van der Waals surface area contributed by atoms with Crippen molar-refractivity contribution in [2.45, 2.75) is 78.1 Å². The second kappa shape index (κ2) is 9.78. The zero-order valence-corrected chi connectivity index (χ0v) is 20.4. The van der Waals surface area contributed by atoms with Gasteiger partial charge in [0.1, 0.15) is 5.60 Å². The molecule has 3 rings (SSSR count). The van der Waals surface area contributed by atoms with Crippen LogP contribution < -0.4 is 10.2 Å². The number of piperazine rings is 1. The molecule has 0 unspecified atom stereocenters. The average molecular weight is 431 g/mol. The molecular formula is C25H42N4O2. The van der Waals surface area contributed by atoms with E-state index in [-0.39, 0.29) is 11.6 Å². The number of nitrogens with zero attached hydrogens (tertiary/aromatic N) is 3. The molecule has 0 spiro atoms. The monoisotopic (exact) mass is 430 g/mol. The summed E-state index contributed by atoms with van der Waals surface area (Å²) in [5.74, 6) is 0. The van der Waals surface area contributed by atoms with Crippen molar-refractivity contribution < 1.29 is 9.53 Å². The number of carbonyl (C=O) groups is 1. The van der Waals surface area contributed by atoms with Gasteiger partial charge in [0.25, 0.3) is 0 Å². The van der Waals surface area contributed by atoms with Crippen LogP contribution in [0.15, 0.2) is 24.3 Å². The molecule has 1 N–H and O–H groups in total. The van der Waals surface area contributed by atoms with E-state index >= 15 is 0 Å². The molecule has 6 nitrogen and oxygen atoms in total. The number of ether oxygens (including phenoxy) is 1. The van der Waals surface area contributed by atoms with Gasteiger partial charge < -0.3 is 19.9 Å². The number of carbonyl (C=O) groups excluding carboxylic acids is 1. The molecule has 31 heavy (non-hydrogen) atoms. The maximum absolute atomic E-state index is 12.2. The first-order valence-electron chi connectivity index (χ1n) is 11.8. The second-order valence-electron chi connectivity index (χ2n) is 10.9. The molecule has 0 aromatic heterocycles. The molecule has 2 aliphatic rings. The van der Waals surface area contributed by atoms with Gasteiger partial charge in [-0.05, 0) is 72.1 Å². The number of amides is 1. The van der Waals surface area contributed by atoms with Gasteiger partial charge in [-0.3, -0.25) is 4.90 Å². The van der Waals surface area contributed by atoms with E-state index in [0.29, 0.717) is 19.1 Å². The summed E-state index contributed by atoms with van der Waals surface area (Å²) in [6.07, 6.45) is 2.23. The zero-order valence-electron chi connectivity index (χ0n) is 20.4. The molecule has 0 saturated carbocycles. The van der Waals surface area contributed by atoms with Gasteiger partial charge in [-0.1, -0.05) is 12.1 Å². The first-order valence-corrected chi connectivity index (χ1v) is 11.8. The van der Waals surface area contributed by atoms with Gasteiger partial charge in [-0.2, -0.15) is 0 Å². The summed E-state index contributed by atoms with van der Waals surface area (Å²) in [7, 11) is 0. The molecule has 2 saturated heterocycles.